The van der Waals surface area contributed by atoms with Gasteiger partial charge in [-0.3, -0.25) is 4.79 Å². The van der Waals surface area contributed by atoms with Gasteiger partial charge in [-0.05, 0) is 23.6 Å². The Bertz CT molecular complexity index is 608. The number of para-hydroxylation sites is 1. The zero-order chi connectivity index (χ0) is 15.1. The van der Waals surface area contributed by atoms with Crippen molar-refractivity contribution in [3.8, 4) is 11.1 Å². The fourth-order valence-corrected chi connectivity index (χ4v) is 2.22. The average Bonchev–Trinajstić information content (AvgIpc) is 2.49. The fraction of sp³-hybridized carbons (Fsp3) is 0.278. The summed E-state index contributed by atoms with van der Waals surface area (Å²) >= 11 is 0. The van der Waals surface area contributed by atoms with Crippen LogP contribution in [0.15, 0.2) is 48.5 Å². The predicted molar refractivity (Wildman–Crippen MR) is 85.9 cm³/mol. The smallest absolute Gasteiger partial charge is 0.310 e. The van der Waals surface area contributed by atoms with Crippen molar-refractivity contribution in [1.82, 2.24) is 0 Å². The Kier molecular flexibility index (Phi) is 5.38. The number of benzene rings is 2. The Hall–Kier alpha value is -2.29. The van der Waals surface area contributed by atoms with E-state index in [4.69, 9.17) is 10.5 Å². The lowest BCUT2D eigenvalue weighted by molar-refractivity contribution is -0.142. The Balaban J connectivity index is 2.18. The number of hydrogen-bond donors (Lipinski definition) is 1. The van der Waals surface area contributed by atoms with Crippen molar-refractivity contribution in [3.05, 3.63) is 54.1 Å². The second-order valence-electron chi connectivity index (χ2n) is 5.00. The molecular weight excluding hydrogens is 262 g/mol. The van der Waals surface area contributed by atoms with Crippen LogP contribution < -0.4 is 5.73 Å². The number of ether oxygens (including phenoxy) is 1. The summed E-state index contributed by atoms with van der Waals surface area (Å²) in [7, 11) is 0. The van der Waals surface area contributed by atoms with Crippen LogP contribution in [0.2, 0.25) is 0 Å². The highest BCUT2D eigenvalue weighted by atomic mass is 16.5. The minimum absolute atomic E-state index is 0.189. The van der Waals surface area contributed by atoms with Crippen molar-refractivity contribution < 1.29 is 9.53 Å². The fourth-order valence-electron chi connectivity index (χ4n) is 2.22. The molecule has 0 atom stereocenters. The van der Waals surface area contributed by atoms with Crippen LogP contribution in [0.25, 0.3) is 11.1 Å². The summed E-state index contributed by atoms with van der Waals surface area (Å²) in [6, 6.07) is 15.5. The second-order valence-corrected chi connectivity index (χ2v) is 5.00. The number of rotatable bonds is 6. The lowest BCUT2D eigenvalue weighted by Gasteiger charge is -2.11. The number of unbranched alkanes of at least 4 members (excludes halogenated alkanes) is 1. The highest BCUT2D eigenvalue weighted by molar-refractivity contribution is 5.82. The summed E-state index contributed by atoms with van der Waals surface area (Å²) in [5.41, 5.74) is 9.63. The topological polar surface area (TPSA) is 52.3 Å². The van der Waals surface area contributed by atoms with Crippen molar-refractivity contribution in [2.45, 2.75) is 26.2 Å². The molecule has 0 aromatic heterocycles. The minimum Gasteiger partial charge on any atom is -0.465 e. The van der Waals surface area contributed by atoms with Crippen LogP contribution >= 0.6 is 0 Å². The summed E-state index contributed by atoms with van der Waals surface area (Å²) in [5.74, 6) is -0.189. The molecule has 3 nitrogen and oxygen atoms in total. The lowest BCUT2D eigenvalue weighted by atomic mass is 9.96. The number of carbonyl (C=O) groups is 1. The standard InChI is InChI=1S/C18H21NO2/c1-2-3-12-21-18(20)13-14-8-4-5-9-15(14)16-10-6-7-11-17(16)19/h4-11H,2-3,12-13,19H2,1H3. The highest BCUT2D eigenvalue weighted by Crippen LogP contribution is 2.29. The van der Waals surface area contributed by atoms with Gasteiger partial charge in [-0.15, -0.1) is 0 Å². The van der Waals surface area contributed by atoms with Crippen LogP contribution in [-0.2, 0) is 16.0 Å². The summed E-state index contributed by atoms with van der Waals surface area (Å²) in [6.45, 7) is 2.56. The van der Waals surface area contributed by atoms with E-state index in [9.17, 15) is 4.79 Å². The van der Waals surface area contributed by atoms with E-state index in [-0.39, 0.29) is 12.4 Å². The average molecular weight is 283 g/mol. The molecule has 2 aromatic rings. The number of hydrogen-bond acceptors (Lipinski definition) is 3. The van der Waals surface area contributed by atoms with Crippen LogP contribution in [0, 0.1) is 0 Å². The summed E-state index contributed by atoms with van der Waals surface area (Å²) < 4.78 is 5.24. The molecule has 0 aliphatic carbocycles. The minimum atomic E-state index is -0.189. The van der Waals surface area contributed by atoms with Gasteiger partial charge in [0.25, 0.3) is 0 Å². The molecule has 0 bridgehead atoms. The van der Waals surface area contributed by atoms with Crippen LogP contribution in [0.4, 0.5) is 5.69 Å². The molecule has 2 rings (SSSR count). The van der Waals surface area contributed by atoms with Gasteiger partial charge >= 0.3 is 5.97 Å². The molecule has 2 aromatic carbocycles. The third-order valence-corrected chi connectivity index (χ3v) is 3.36. The van der Waals surface area contributed by atoms with Gasteiger partial charge in [-0.25, -0.2) is 0 Å². The van der Waals surface area contributed by atoms with E-state index >= 15 is 0 Å². The van der Waals surface area contributed by atoms with E-state index in [2.05, 4.69) is 6.92 Å². The van der Waals surface area contributed by atoms with Gasteiger partial charge in [0.2, 0.25) is 0 Å². The molecule has 2 N–H and O–H groups in total. The first kappa shape index (κ1) is 15.1. The van der Waals surface area contributed by atoms with Gasteiger partial charge in [0.1, 0.15) is 0 Å². The van der Waals surface area contributed by atoms with Crippen LogP contribution in [0.3, 0.4) is 0 Å². The van der Waals surface area contributed by atoms with E-state index in [1.165, 1.54) is 0 Å². The molecule has 0 aliphatic rings. The van der Waals surface area contributed by atoms with Crippen LogP contribution in [0.5, 0.6) is 0 Å². The Morgan fingerprint density at radius 2 is 1.71 bits per heavy atom. The van der Waals surface area contributed by atoms with Crippen molar-refractivity contribution in [2.24, 2.45) is 0 Å². The molecular formula is C18H21NO2. The van der Waals surface area contributed by atoms with E-state index in [1.807, 2.05) is 48.5 Å². The molecule has 0 amide bonds. The molecule has 0 radical (unpaired) electrons. The van der Waals surface area contributed by atoms with Gasteiger partial charge < -0.3 is 10.5 Å². The summed E-state index contributed by atoms with van der Waals surface area (Å²) in [4.78, 5) is 11.9. The molecule has 21 heavy (non-hydrogen) atoms. The van der Waals surface area contributed by atoms with Crippen molar-refractivity contribution in [2.75, 3.05) is 12.3 Å². The number of nitrogen functional groups attached to an aromatic ring is 1. The molecule has 0 saturated heterocycles. The number of esters is 1. The molecule has 0 spiro atoms. The van der Waals surface area contributed by atoms with Crippen molar-refractivity contribution in [1.29, 1.82) is 0 Å². The molecule has 0 heterocycles. The lowest BCUT2D eigenvalue weighted by Crippen LogP contribution is -2.10. The Morgan fingerprint density at radius 1 is 1.05 bits per heavy atom. The van der Waals surface area contributed by atoms with Crippen LogP contribution in [-0.4, -0.2) is 12.6 Å². The van der Waals surface area contributed by atoms with Crippen molar-refractivity contribution in [3.63, 3.8) is 0 Å². The van der Waals surface area contributed by atoms with Gasteiger partial charge in [0, 0.05) is 11.3 Å². The molecule has 0 fully saturated rings. The van der Waals surface area contributed by atoms with Crippen LogP contribution in [0.1, 0.15) is 25.3 Å². The van der Waals surface area contributed by atoms with Gasteiger partial charge in [0.15, 0.2) is 0 Å². The molecule has 0 aliphatic heterocycles. The summed E-state index contributed by atoms with van der Waals surface area (Å²) in [6.07, 6.45) is 2.19. The quantitative estimate of drug-likeness (QED) is 0.498. The Labute approximate surface area is 125 Å². The third-order valence-electron chi connectivity index (χ3n) is 3.36. The maximum atomic E-state index is 11.9. The molecule has 110 valence electrons. The normalized spacial score (nSPS) is 10.3. The largest absolute Gasteiger partial charge is 0.465 e. The van der Waals surface area contributed by atoms with Crippen molar-refractivity contribution >= 4 is 11.7 Å². The first-order valence-corrected chi connectivity index (χ1v) is 7.30. The predicted octanol–water partition coefficient (Wildman–Crippen LogP) is 3.82. The monoisotopic (exact) mass is 283 g/mol. The molecule has 3 heteroatoms. The maximum absolute atomic E-state index is 11.9. The van der Waals surface area contributed by atoms with E-state index in [0.717, 1.165) is 29.5 Å². The Morgan fingerprint density at radius 3 is 2.43 bits per heavy atom. The van der Waals surface area contributed by atoms with E-state index in [1.54, 1.807) is 0 Å². The zero-order valence-electron chi connectivity index (χ0n) is 12.3. The van der Waals surface area contributed by atoms with Gasteiger partial charge in [-0.2, -0.15) is 0 Å². The van der Waals surface area contributed by atoms with Gasteiger partial charge in [0.05, 0.1) is 13.0 Å². The SMILES string of the molecule is CCCCOC(=O)Cc1ccccc1-c1ccccc1N. The third kappa shape index (κ3) is 4.09. The molecule has 0 unspecified atom stereocenters. The highest BCUT2D eigenvalue weighted by Gasteiger charge is 2.11. The first-order chi connectivity index (χ1) is 10.2. The second kappa shape index (κ2) is 7.48. The van der Waals surface area contributed by atoms with E-state index < -0.39 is 0 Å². The van der Waals surface area contributed by atoms with E-state index in [0.29, 0.717) is 12.3 Å². The maximum Gasteiger partial charge on any atom is 0.310 e. The number of anilines is 1. The first-order valence-electron chi connectivity index (χ1n) is 7.30. The zero-order valence-corrected chi connectivity index (χ0v) is 12.3. The van der Waals surface area contributed by atoms with Gasteiger partial charge in [-0.1, -0.05) is 55.8 Å². The summed E-state index contributed by atoms with van der Waals surface area (Å²) in [5, 5.41) is 0. The number of nitrogens with two attached hydrogens (primary N) is 1. The molecule has 0 saturated carbocycles. The number of carbonyl (C=O) groups excluding carboxylic acids is 1.